The lowest BCUT2D eigenvalue weighted by Crippen LogP contribution is -2.25. The minimum Gasteiger partial charge on any atom is -0.497 e. The Balaban J connectivity index is 1.99. The highest BCUT2D eigenvalue weighted by molar-refractivity contribution is 6.34. The summed E-state index contributed by atoms with van der Waals surface area (Å²) in [6.07, 6.45) is 0.0153. The minimum atomic E-state index is -0.235. The van der Waals surface area contributed by atoms with Crippen LogP contribution in [0.25, 0.3) is 0 Å². The first kappa shape index (κ1) is 17.3. The molecule has 0 unspecified atom stereocenters. The van der Waals surface area contributed by atoms with Crippen molar-refractivity contribution in [2.45, 2.75) is 13.0 Å². The quantitative estimate of drug-likeness (QED) is 0.862. The summed E-state index contributed by atoms with van der Waals surface area (Å²) in [5.74, 6) is 1.08. The Morgan fingerprint density at radius 3 is 2.61 bits per heavy atom. The van der Waals surface area contributed by atoms with Crippen LogP contribution in [0, 0.1) is 0 Å². The molecule has 0 bridgehead atoms. The fourth-order valence-electron chi connectivity index (χ4n) is 1.90. The molecule has 0 aliphatic carbocycles. The smallest absolute Gasteiger partial charge is 0.226 e. The predicted molar refractivity (Wildman–Crippen MR) is 87.1 cm³/mol. The molecular formula is C15H15Cl2N3O3. The Labute approximate surface area is 143 Å². The highest BCUT2D eigenvalue weighted by Gasteiger charge is 2.11. The average molecular weight is 356 g/mol. The number of carbonyl (C=O) groups is 1. The van der Waals surface area contributed by atoms with Crippen molar-refractivity contribution in [3.05, 3.63) is 45.7 Å². The van der Waals surface area contributed by atoms with Gasteiger partial charge < -0.3 is 14.8 Å². The normalized spacial score (nSPS) is 10.3. The topological polar surface area (TPSA) is 73.3 Å². The minimum absolute atomic E-state index is 0.0153. The number of benzene rings is 1. The van der Waals surface area contributed by atoms with Crippen molar-refractivity contribution in [3.8, 4) is 11.5 Å². The summed E-state index contributed by atoms with van der Waals surface area (Å²) in [5.41, 5.74) is 1.20. The van der Waals surface area contributed by atoms with Crippen molar-refractivity contribution < 1.29 is 14.3 Å². The van der Waals surface area contributed by atoms with Crippen LogP contribution in [0.15, 0.2) is 24.3 Å². The molecule has 1 aromatic carbocycles. The predicted octanol–water partition coefficient (Wildman–Crippen LogP) is 2.66. The van der Waals surface area contributed by atoms with E-state index in [4.69, 9.17) is 32.7 Å². The van der Waals surface area contributed by atoms with E-state index in [-0.39, 0.29) is 17.5 Å². The number of hydrogen-bond donors (Lipinski definition) is 1. The van der Waals surface area contributed by atoms with E-state index in [1.54, 1.807) is 26.4 Å². The van der Waals surface area contributed by atoms with Crippen LogP contribution in [0.1, 0.15) is 11.3 Å². The van der Waals surface area contributed by atoms with Crippen molar-refractivity contribution >= 4 is 29.1 Å². The lowest BCUT2D eigenvalue weighted by molar-refractivity contribution is -0.120. The summed E-state index contributed by atoms with van der Waals surface area (Å²) in [4.78, 5) is 12.0. The molecule has 6 nitrogen and oxygen atoms in total. The zero-order valence-electron chi connectivity index (χ0n) is 12.6. The van der Waals surface area contributed by atoms with Crippen molar-refractivity contribution in [1.82, 2.24) is 15.5 Å². The number of carbonyl (C=O) groups excluding carboxylic acids is 1. The number of ether oxygens (including phenoxy) is 2. The molecule has 0 saturated heterocycles. The summed E-state index contributed by atoms with van der Waals surface area (Å²) in [7, 11) is 3.14. The van der Waals surface area contributed by atoms with Crippen LogP contribution in [0.2, 0.25) is 10.2 Å². The molecule has 1 heterocycles. The Kier molecular flexibility index (Phi) is 6.01. The molecule has 122 valence electrons. The number of methoxy groups -OCH3 is 2. The number of halogens is 2. The second-order valence-electron chi connectivity index (χ2n) is 4.59. The van der Waals surface area contributed by atoms with Gasteiger partial charge >= 0.3 is 0 Å². The highest BCUT2D eigenvalue weighted by Crippen LogP contribution is 2.24. The molecule has 0 radical (unpaired) electrons. The lowest BCUT2D eigenvalue weighted by atomic mass is 10.2. The van der Waals surface area contributed by atoms with Gasteiger partial charge in [0.1, 0.15) is 11.5 Å². The molecule has 2 aromatic rings. The largest absolute Gasteiger partial charge is 0.497 e. The summed E-state index contributed by atoms with van der Waals surface area (Å²) in [5, 5.41) is 10.8. The summed E-state index contributed by atoms with van der Waals surface area (Å²) in [6, 6.07) is 6.83. The Hall–Kier alpha value is -2.05. The van der Waals surface area contributed by atoms with Gasteiger partial charge in [-0.15, -0.1) is 5.10 Å². The fraction of sp³-hybridized carbons (Fsp3) is 0.267. The molecule has 1 amide bonds. The van der Waals surface area contributed by atoms with E-state index in [1.165, 1.54) is 6.07 Å². The summed E-state index contributed by atoms with van der Waals surface area (Å²) >= 11 is 11.6. The van der Waals surface area contributed by atoms with Gasteiger partial charge in [0.15, 0.2) is 5.15 Å². The van der Waals surface area contributed by atoms with Gasteiger partial charge in [0, 0.05) is 18.2 Å². The summed E-state index contributed by atoms with van der Waals surface area (Å²) in [6.45, 7) is 0.310. The first-order chi connectivity index (χ1) is 11.0. The number of rotatable bonds is 6. The molecule has 23 heavy (non-hydrogen) atoms. The molecule has 0 saturated carbocycles. The third-order valence-electron chi connectivity index (χ3n) is 3.09. The number of amides is 1. The molecule has 1 aromatic heterocycles. The second kappa shape index (κ2) is 7.99. The van der Waals surface area contributed by atoms with E-state index in [1.807, 2.05) is 6.07 Å². The van der Waals surface area contributed by atoms with Gasteiger partial charge in [0.2, 0.25) is 5.91 Å². The second-order valence-corrected chi connectivity index (χ2v) is 5.39. The van der Waals surface area contributed by atoms with Crippen molar-refractivity contribution in [2.75, 3.05) is 14.2 Å². The van der Waals surface area contributed by atoms with E-state index in [9.17, 15) is 4.79 Å². The van der Waals surface area contributed by atoms with Gasteiger partial charge in [-0.1, -0.05) is 23.2 Å². The van der Waals surface area contributed by atoms with Gasteiger partial charge in [0.25, 0.3) is 0 Å². The maximum atomic E-state index is 12.0. The molecular weight excluding hydrogens is 341 g/mol. The molecule has 0 atom stereocenters. The molecule has 0 fully saturated rings. The third kappa shape index (κ3) is 4.71. The van der Waals surface area contributed by atoms with Crippen LogP contribution in [0.5, 0.6) is 11.5 Å². The highest BCUT2D eigenvalue weighted by atomic mass is 35.5. The SMILES string of the molecule is COc1ccc(CNC(=O)Cc2nnc(Cl)cc2Cl)c(OC)c1. The first-order valence-electron chi connectivity index (χ1n) is 6.68. The molecule has 0 spiro atoms. The van der Waals surface area contributed by atoms with Crippen LogP contribution in [0.3, 0.4) is 0 Å². The van der Waals surface area contributed by atoms with Crippen LogP contribution in [0.4, 0.5) is 0 Å². The van der Waals surface area contributed by atoms with Crippen LogP contribution in [-0.4, -0.2) is 30.3 Å². The van der Waals surface area contributed by atoms with Crippen LogP contribution < -0.4 is 14.8 Å². The summed E-state index contributed by atoms with van der Waals surface area (Å²) < 4.78 is 10.4. The number of nitrogens with zero attached hydrogens (tertiary/aromatic N) is 2. The van der Waals surface area contributed by atoms with Crippen LogP contribution in [-0.2, 0) is 17.8 Å². The van der Waals surface area contributed by atoms with E-state index in [0.29, 0.717) is 28.8 Å². The number of nitrogens with one attached hydrogen (secondary N) is 1. The Morgan fingerprint density at radius 2 is 1.96 bits per heavy atom. The average Bonchev–Trinajstić information content (AvgIpc) is 2.55. The molecule has 1 N–H and O–H groups in total. The van der Waals surface area contributed by atoms with E-state index in [2.05, 4.69) is 15.5 Å². The van der Waals surface area contributed by atoms with Gasteiger partial charge in [-0.3, -0.25) is 4.79 Å². The molecule has 8 heteroatoms. The van der Waals surface area contributed by atoms with E-state index < -0.39 is 0 Å². The maximum Gasteiger partial charge on any atom is 0.226 e. The number of aromatic nitrogens is 2. The zero-order chi connectivity index (χ0) is 16.8. The van der Waals surface area contributed by atoms with Gasteiger partial charge in [-0.25, -0.2) is 0 Å². The Bertz CT molecular complexity index is 710. The molecule has 2 rings (SSSR count). The van der Waals surface area contributed by atoms with Gasteiger partial charge in [0.05, 0.1) is 31.4 Å². The zero-order valence-corrected chi connectivity index (χ0v) is 14.1. The van der Waals surface area contributed by atoms with E-state index >= 15 is 0 Å². The first-order valence-corrected chi connectivity index (χ1v) is 7.44. The van der Waals surface area contributed by atoms with Gasteiger partial charge in [-0.2, -0.15) is 5.10 Å². The van der Waals surface area contributed by atoms with Crippen LogP contribution >= 0.6 is 23.2 Å². The number of hydrogen-bond acceptors (Lipinski definition) is 5. The third-order valence-corrected chi connectivity index (χ3v) is 3.60. The van der Waals surface area contributed by atoms with E-state index in [0.717, 1.165) is 5.56 Å². The standard InChI is InChI=1S/C15H15Cl2N3O3/c1-22-10-4-3-9(13(5-10)23-2)8-18-15(21)7-12-11(16)6-14(17)20-19-12/h3-6H,7-8H2,1-2H3,(H,18,21). The lowest BCUT2D eigenvalue weighted by Gasteiger charge is -2.11. The van der Waals surface area contributed by atoms with Crippen molar-refractivity contribution in [1.29, 1.82) is 0 Å². The van der Waals surface area contributed by atoms with Crippen molar-refractivity contribution in [2.24, 2.45) is 0 Å². The van der Waals surface area contributed by atoms with Crippen molar-refractivity contribution in [3.63, 3.8) is 0 Å². The Morgan fingerprint density at radius 1 is 1.17 bits per heavy atom. The molecule has 0 aliphatic heterocycles. The fourth-order valence-corrected chi connectivity index (χ4v) is 2.31. The molecule has 0 aliphatic rings. The maximum absolute atomic E-state index is 12.0. The van der Waals surface area contributed by atoms with Gasteiger partial charge in [-0.05, 0) is 18.2 Å². The monoisotopic (exact) mass is 355 g/mol.